The second-order valence-corrected chi connectivity index (χ2v) is 6.68. The van der Waals surface area contributed by atoms with E-state index in [0.717, 1.165) is 36.8 Å². The number of nitrogens with one attached hydrogen (secondary N) is 2. The van der Waals surface area contributed by atoms with Crippen molar-refractivity contribution in [2.24, 2.45) is 12.0 Å². The molecule has 1 aliphatic rings. The van der Waals surface area contributed by atoms with Gasteiger partial charge in [0.1, 0.15) is 11.9 Å². The van der Waals surface area contributed by atoms with Gasteiger partial charge >= 0.3 is 0 Å². The first-order valence-corrected chi connectivity index (χ1v) is 9.03. The van der Waals surface area contributed by atoms with Crippen LogP contribution in [0.25, 0.3) is 0 Å². The number of hydrogen-bond acceptors (Lipinski definition) is 3. The lowest BCUT2D eigenvalue weighted by Gasteiger charge is -2.18. The highest BCUT2D eigenvalue weighted by molar-refractivity contribution is 5.79. The molecule has 140 valence electrons. The standard InChI is InChI=1S/C20H28N4O2/c1-15-4-5-17(19(10-15)26-18-7-9-25-14-18)12-23-20(21-2)22-11-16-6-8-24(3)13-16/h4-6,8,10,13,18H,7,9,11-12,14H2,1-3H3,(H2,21,22,23). The molecule has 6 nitrogen and oxygen atoms in total. The van der Waals surface area contributed by atoms with Gasteiger partial charge in [-0.15, -0.1) is 0 Å². The van der Waals surface area contributed by atoms with Gasteiger partial charge in [-0.2, -0.15) is 0 Å². The Morgan fingerprint density at radius 2 is 2.15 bits per heavy atom. The first-order chi connectivity index (χ1) is 12.6. The number of nitrogens with zero attached hydrogens (tertiary/aromatic N) is 2. The highest BCUT2D eigenvalue weighted by atomic mass is 16.5. The van der Waals surface area contributed by atoms with E-state index in [1.165, 1.54) is 11.1 Å². The summed E-state index contributed by atoms with van der Waals surface area (Å²) in [6, 6.07) is 8.40. The molecule has 26 heavy (non-hydrogen) atoms. The normalized spacial score (nSPS) is 17.3. The molecule has 0 spiro atoms. The third-order valence-corrected chi connectivity index (χ3v) is 4.43. The topological polar surface area (TPSA) is 59.8 Å². The van der Waals surface area contributed by atoms with Crippen LogP contribution in [-0.4, -0.2) is 36.9 Å². The van der Waals surface area contributed by atoms with Crippen molar-refractivity contribution < 1.29 is 9.47 Å². The van der Waals surface area contributed by atoms with Crippen molar-refractivity contribution in [1.82, 2.24) is 15.2 Å². The number of ether oxygens (including phenoxy) is 2. The molecule has 2 aromatic rings. The Hall–Kier alpha value is -2.47. The van der Waals surface area contributed by atoms with Gasteiger partial charge in [0, 0.05) is 51.6 Å². The zero-order valence-corrected chi connectivity index (χ0v) is 15.8. The van der Waals surface area contributed by atoms with Crippen molar-refractivity contribution in [3.05, 3.63) is 53.3 Å². The van der Waals surface area contributed by atoms with E-state index < -0.39 is 0 Å². The summed E-state index contributed by atoms with van der Waals surface area (Å²) < 4.78 is 13.6. The maximum Gasteiger partial charge on any atom is 0.191 e. The summed E-state index contributed by atoms with van der Waals surface area (Å²) in [5.74, 6) is 1.69. The maximum absolute atomic E-state index is 6.16. The molecule has 0 radical (unpaired) electrons. The molecule has 6 heteroatoms. The maximum atomic E-state index is 6.16. The summed E-state index contributed by atoms with van der Waals surface area (Å²) in [4.78, 5) is 4.30. The summed E-state index contributed by atoms with van der Waals surface area (Å²) in [5.41, 5.74) is 3.52. The van der Waals surface area contributed by atoms with E-state index >= 15 is 0 Å². The van der Waals surface area contributed by atoms with Crippen LogP contribution in [0.1, 0.15) is 23.1 Å². The molecule has 2 heterocycles. The van der Waals surface area contributed by atoms with Gasteiger partial charge in [-0.05, 0) is 30.2 Å². The summed E-state index contributed by atoms with van der Waals surface area (Å²) >= 11 is 0. The van der Waals surface area contributed by atoms with Crippen LogP contribution in [-0.2, 0) is 24.9 Å². The molecule has 0 bridgehead atoms. The molecule has 0 amide bonds. The zero-order valence-electron chi connectivity index (χ0n) is 15.8. The summed E-state index contributed by atoms with van der Waals surface area (Å²) in [6.07, 6.45) is 5.22. The van der Waals surface area contributed by atoms with Gasteiger partial charge in [0.25, 0.3) is 0 Å². The molecule has 1 unspecified atom stereocenters. The lowest BCUT2D eigenvalue weighted by molar-refractivity contribution is 0.140. The minimum Gasteiger partial charge on any atom is -0.488 e. The molecule has 1 atom stereocenters. The molecule has 0 aliphatic carbocycles. The number of guanidine groups is 1. The van der Waals surface area contributed by atoms with Crippen molar-refractivity contribution in [3.63, 3.8) is 0 Å². The second kappa shape index (κ2) is 8.76. The fourth-order valence-corrected chi connectivity index (χ4v) is 2.95. The van der Waals surface area contributed by atoms with Crippen LogP contribution >= 0.6 is 0 Å². The summed E-state index contributed by atoms with van der Waals surface area (Å²) in [7, 11) is 3.80. The first-order valence-electron chi connectivity index (χ1n) is 9.03. The molecular formula is C20H28N4O2. The Balaban J connectivity index is 1.58. The van der Waals surface area contributed by atoms with Crippen molar-refractivity contribution in [2.45, 2.75) is 32.5 Å². The van der Waals surface area contributed by atoms with Crippen LogP contribution < -0.4 is 15.4 Å². The quantitative estimate of drug-likeness (QED) is 0.616. The average molecular weight is 356 g/mol. The minimum atomic E-state index is 0.145. The lowest BCUT2D eigenvalue weighted by atomic mass is 10.1. The van der Waals surface area contributed by atoms with E-state index in [4.69, 9.17) is 9.47 Å². The zero-order chi connectivity index (χ0) is 18.4. The van der Waals surface area contributed by atoms with Crippen molar-refractivity contribution in [1.29, 1.82) is 0 Å². The van der Waals surface area contributed by atoms with E-state index in [-0.39, 0.29) is 6.10 Å². The molecule has 1 fully saturated rings. The van der Waals surface area contributed by atoms with Crippen LogP contribution in [0.4, 0.5) is 0 Å². The molecule has 0 saturated carbocycles. The van der Waals surface area contributed by atoms with Crippen molar-refractivity contribution in [2.75, 3.05) is 20.3 Å². The smallest absolute Gasteiger partial charge is 0.191 e. The number of aryl methyl sites for hydroxylation is 2. The fraction of sp³-hybridized carbons (Fsp3) is 0.450. The highest BCUT2D eigenvalue weighted by Gasteiger charge is 2.18. The second-order valence-electron chi connectivity index (χ2n) is 6.68. The molecule has 1 saturated heterocycles. The van der Waals surface area contributed by atoms with Crippen LogP contribution in [0, 0.1) is 6.92 Å². The molecule has 1 aromatic heterocycles. The fourth-order valence-electron chi connectivity index (χ4n) is 2.95. The monoisotopic (exact) mass is 356 g/mol. The Bertz CT molecular complexity index is 748. The Morgan fingerprint density at radius 1 is 1.31 bits per heavy atom. The van der Waals surface area contributed by atoms with E-state index in [2.05, 4.69) is 53.0 Å². The van der Waals surface area contributed by atoms with Crippen LogP contribution in [0.3, 0.4) is 0 Å². The van der Waals surface area contributed by atoms with E-state index in [0.29, 0.717) is 13.2 Å². The number of hydrogen-bond donors (Lipinski definition) is 2. The number of benzene rings is 1. The van der Waals surface area contributed by atoms with Gasteiger partial charge in [-0.3, -0.25) is 4.99 Å². The number of rotatable bonds is 6. The average Bonchev–Trinajstić information content (AvgIpc) is 3.28. The molecule has 2 N–H and O–H groups in total. The third-order valence-electron chi connectivity index (χ3n) is 4.43. The third kappa shape index (κ3) is 5.02. The molecule has 1 aromatic carbocycles. The summed E-state index contributed by atoms with van der Waals surface area (Å²) in [6.45, 7) is 4.91. The minimum absolute atomic E-state index is 0.145. The Labute approximate surface area is 155 Å². The number of aliphatic imine (C=N–C) groups is 1. The van der Waals surface area contributed by atoms with Crippen LogP contribution in [0.15, 0.2) is 41.7 Å². The van der Waals surface area contributed by atoms with Gasteiger partial charge in [-0.1, -0.05) is 12.1 Å². The number of aromatic nitrogens is 1. The molecular weight excluding hydrogens is 328 g/mol. The molecule has 3 rings (SSSR count). The van der Waals surface area contributed by atoms with Gasteiger partial charge in [0.05, 0.1) is 13.2 Å². The lowest BCUT2D eigenvalue weighted by Crippen LogP contribution is -2.36. The van der Waals surface area contributed by atoms with E-state index in [9.17, 15) is 0 Å². The van der Waals surface area contributed by atoms with Crippen molar-refractivity contribution >= 4 is 5.96 Å². The van der Waals surface area contributed by atoms with Gasteiger partial charge in [-0.25, -0.2) is 0 Å². The van der Waals surface area contributed by atoms with Gasteiger partial charge in [0.2, 0.25) is 0 Å². The largest absolute Gasteiger partial charge is 0.488 e. The predicted octanol–water partition coefficient (Wildman–Crippen LogP) is 2.37. The Morgan fingerprint density at radius 3 is 2.85 bits per heavy atom. The van der Waals surface area contributed by atoms with E-state index in [1.54, 1.807) is 7.05 Å². The van der Waals surface area contributed by atoms with E-state index in [1.807, 2.05) is 17.8 Å². The first kappa shape index (κ1) is 18.3. The predicted molar refractivity (Wildman–Crippen MR) is 103 cm³/mol. The van der Waals surface area contributed by atoms with Crippen LogP contribution in [0.2, 0.25) is 0 Å². The Kier molecular flexibility index (Phi) is 6.17. The van der Waals surface area contributed by atoms with Gasteiger partial charge in [0.15, 0.2) is 5.96 Å². The summed E-state index contributed by atoms with van der Waals surface area (Å²) in [5, 5.41) is 6.71. The highest BCUT2D eigenvalue weighted by Crippen LogP contribution is 2.23. The SMILES string of the molecule is CN=C(NCc1ccn(C)c1)NCc1ccc(C)cc1OC1CCOC1. The van der Waals surface area contributed by atoms with Gasteiger partial charge < -0.3 is 24.7 Å². The van der Waals surface area contributed by atoms with Crippen LogP contribution in [0.5, 0.6) is 5.75 Å². The molecule has 1 aliphatic heterocycles. The van der Waals surface area contributed by atoms with Crippen molar-refractivity contribution in [3.8, 4) is 5.75 Å².